The molecule has 104 valence electrons. The number of hydrogen-bond donors (Lipinski definition) is 2. The Morgan fingerprint density at radius 3 is 2.35 bits per heavy atom. The van der Waals surface area contributed by atoms with E-state index < -0.39 is 17.5 Å². The molecule has 0 unspecified atom stereocenters. The highest BCUT2D eigenvalue weighted by molar-refractivity contribution is 9.10. The van der Waals surface area contributed by atoms with Crippen LogP contribution >= 0.6 is 28.1 Å². The summed E-state index contributed by atoms with van der Waals surface area (Å²) in [6.45, 7) is 0. The Bertz CT molecular complexity index is 692. The van der Waals surface area contributed by atoms with Gasteiger partial charge in [-0.05, 0) is 40.2 Å². The summed E-state index contributed by atoms with van der Waals surface area (Å²) in [7, 11) is 0. The molecule has 2 nitrogen and oxygen atoms in total. The summed E-state index contributed by atoms with van der Waals surface area (Å²) in [5.74, 6) is -2.20. The lowest BCUT2D eigenvalue weighted by Gasteiger charge is -2.11. The molecule has 0 atom stereocenters. The van der Waals surface area contributed by atoms with Crippen molar-refractivity contribution in [2.24, 2.45) is 5.73 Å². The topological polar surface area (TPSA) is 38.0 Å². The largest absolute Gasteiger partial charge is 0.389 e. The average Bonchev–Trinajstić information content (AvgIpc) is 2.37. The van der Waals surface area contributed by atoms with Gasteiger partial charge < -0.3 is 11.1 Å². The minimum absolute atomic E-state index is 0.0161. The summed E-state index contributed by atoms with van der Waals surface area (Å²) in [6.07, 6.45) is 0. The average molecular weight is 361 g/mol. The highest BCUT2D eigenvalue weighted by Crippen LogP contribution is 2.30. The quantitative estimate of drug-likeness (QED) is 0.803. The number of hydrogen-bond acceptors (Lipinski definition) is 2. The molecule has 0 aromatic heterocycles. The van der Waals surface area contributed by atoms with Gasteiger partial charge in [-0.15, -0.1) is 0 Å². The van der Waals surface area contributed by atoms with E-state index in [2.05, 4.69) is 21.2 Å². The first-order chi connectivity index (χ1) is 9.40. The van der Waals surface area contributed by atoms with Gasteiger partial charge in [0.1, 0.15) is 16.6 Å². The third kappa shape index (κ3) is 2.94. The maximum Gasteiger partial charge on any atom is 0.161 e. The van der Waals surface area contributed by atoms with Crippen molar-refractivity contribution in [3.05, 3.63) is 57.8 Å². The minimum atomic E-state index is -0.820. The maximum absolute atomic E-state index is 14.1. The van der Waals surface area contributed by atoms with Crippen LogP contribution in [0.5, 0.6) is 0 Å². The molecule has 0 aliphatic heterocycles. The zero-order chi connectivity index (χ0) is 14.9. The van der Waals surface area contributed by atoms with Crippen LogP contribution in [0.4, 0.5) is 24.5 Å². The monoisotopic (exact) mass is 360 g/mol. The van der Waals surface area contributed by atoms with E-state index >= 15 is 0 Å². The van der Waals surface area contributed by atoms with Gasteiger partial charge in [-0.25, -0.2) is 13.2 Å². The molecule has 2 rings (SSSR count). The van der Waals surface area contributed by atoms with E-state index in [4.69, 9.17) is 18.0 Å². The lowest BCUT2D eigenvalue weighted by atomic mass is 10.2. The van der Waals surface area contributed by atoms with Crippen LogP contribution < -0.4 is 11.1 Å². The Morgan fingerprint density at radius 1 is 1.10 bits per heavy atom. The fraction of sp³-hybridized carbons (Fsp3) is 0. The second kappa shape index (κ2) is 5.80. The van der Waals surface area contributed by atoms with Crippen LogP contribution in [0.15, 0.2) is 34.8 Å². The van der Waals surface area contributed by atoms with Gasteiger partial charge in [-0.3, -0.25) is 0 Å². The van der Waals surface area contributed by atoms with Crippen LogP contribution in [0.1, 0.15) is 5.56 Å². The number of nitrogens with two attached hydrogens (primary N) is 1. The molecule has 0 saturated heterocycles. The van der Waals surface area contributed by atoms with Gasteiger partial charge in [0.25, 0.3) is 0 Å². The van der Waals surface area contributed by atoms with Crippen molar-refractivity contribution in [2.45, 2.75) is 0 Å². The van der Waals surface area contributed by atoms with Crippen LogP contribution in [0.3, 0.4) is 0 Å². The zero-order valence-corrected chi connectivity index (χ0v) is 12.3. The predicted molar refractivity (Wildman–Crippen MR) is 79.6 cm³/mol. The second-order valence-corrected chi connectivity index (χ2v) is 5.13. The van der Waals surface area contributed by atoms with Crippen LogP contribution in [-0.4, -0.2) is 4.99 Å². The van der Waals surface area contributed by atoms with Gasteiger partial charge in [-0.2, -0.15) is 0 Å². The number of anilines is 2. The Kier molecular flexibility index (Phi) is 4.29. The molecule has 2 aromatic rings. The van der Waals surface area contributed by atoms with E-state index in [-0.39, 0.29) is 20.8 Å². The van der Waals surface area contributed by atoms with Crippen LogP contribution in [-0.2, 0) is 0 Å². The van der Waals surface area contributed by atoms with Crippen molar-refractivity contribution in [1.82, 2.24) is 0 Å². The smallest absolute Gasteiger partial charge is 0.161 e. The van der Waals surface area contributed by atoms with Crippen molar-refractivity contribution >= 4 is 44.5 Å². The highest BCUT2D eigenvalue weighted by Gasteiger charge is 2.14. The van der Waals surface area contributed by atoms with E-state index in [1.54, 1.807) is 0 Å². The third-order valence-corrected chi connectivity index (χ3v) is 3.54. The third-order valence-electron chi connectivity index (χ3n) is 2.55. The van der Waals surface area contributed by atoms with Gasteiger partial charge in [0.15, 0.2) is 5.82 Å². The molecule has 0 spiro atoms. The number of halogens is 4. The maximum atomic E-state index is 14.1. The van der Waals surface area contributed by atoms with Gasteiger partial charge in [0, 0.05) is 11.6 Å². The van der Waals surface area contributed by atoms with Gasteiger partial charge >= 0.3 is 0 Å². The Morgan fingerprint density at radius 2 is 1.75 bits per heavy atom. The molecular formula is C13H8BrF3N2S. The van der Waals surface area contributed by atoms with Crippen molar-refractivity contribution < 1.29 is 13.2 Å². The Balaban J connectivity index is 2.39. The summed E-state index contributed by atoms with van der Waals surface area (Å²) in [6, 6.07) is 5.83. The molecule has 0 amide bonds. The van der Waals surface area contributed by atoms with Gasteiger partial charge in [0.2, 0.25) is 0 Å². The zero-order valence-electron chi connectivity index (χ0n) is 9.88. The SMILES string of the molecule is NC(=S)c1ccc(Nc2ccc(F)cc2F)c(F)c1Br. The first kappa shape index (κ1) is 14.8. The van der Waals surface area contributed by atoms with Crippen molar-refractivity contribution in [3.63, 3.8) is 0 Å². The van der Waals surface area contributed by atoms with Crippen molar-refractivity contribution in [2.75, 3.05) is 5.32 Å². The number of nitrogens with one attached hydrogen (secondary N) is 1. The standard InChI is InChI=1S/C13H8BrF3N2S/c14-11-7(13(18)20)2-4-10(12(11)17)19-9-3-1-6(15)5-8(9)16/h1-5,19H,(H2,18,20). The summed E-state index contributed by atoms with van der Waals surface area (Å²) in [4.78, 5) is 0.0373. The van der Waals surface area contributed by atoms with E-state index in [9.17, 15) is 13.2 Å². The molecule has 3 N–H and O–H groups in total. The molecule has 0 bridgehead atoms. The van der Waals surface area contributed by atoms with Gasteiger partial charge in [0.05, 0.1) is 15.8 Å². The number of benzene rings is 2. The van der Waals surface area contributed by atoms with E-state index in [1.807, 2.05) is 0 Å². The minimum Gasteiger partial charge on any atom is -0.389 e. The Labute approximate surface area is 126 Å². The van der Waals surface area contributed by atoms with Crippen molar-refractivity contribution in [3.8, 4) is 0 Å². The molecular weight excluding hydrogens is 353 g/mol. The predicted octanol–water partition coefficient (Wildman–Crippen LogP) is 4.24. The molecule has 0 saturated carbocycles. The second-order valence-electron chi connectivity index (χ2n) is 3.90. The summed E-state index contributed by atoms with van der Waals surface area (Å²) in [5.41, 5.74) is 5.75. The van der Waals surface area contributed by atoms with E-state index in [1.165, 1.54) is 18.2 Å². The fourth-order valence-electron chi connectivity index (χ4n) is 1.57. The summed E-state index contributed by atoms with van der Waals surface area (Å²) >= 11 is 7.82. The highest BCUT2D eigenvalue weighted by atomic mass is 79.9. The number of thiocarbonyl (C=S) groups is 1. The molecule has 7 heteroatoms. The fourth-order valence-corrected chi connectivity index (χ4v) is 2.43. The first-order valence-corrected chi connectivity index (χ1v) is 6.60. The molecule has 20 heavy (non-hydrogen) atoms. The summed E-state index contributed by atoms with van der Waals surface area (Å²) in [5, 5.41) is 2.54. The van der Waals surface area contributed by atoms with Crippen molar-refractivity contribution in [1.29, 1.82) is 0 Å². The lowest BCUT2D eigenvalue weighted by Crippen LogP contribution is -2.11. The molecule has 0 aliphatic rings. The molecule has 2 aromatic carbocycles. The van der Waals surface area contributed by atoms with Crippen LogP contribution in [0.2, 0.25) is 0 Å². The molecule has 0 fully saturated rings. The first-order valence-electron chi connectivity index (χ1n) is 5.40. The normalized spacial score (nSPS) is 10.4. The van der Waals surface area contributed by atoms with Crippen LogP contribution in [0, 0.1) is 17.5 Å². The molecule has 0 aliphatic carbocycles. The van der Waals surface area contributed by atoms with Crippen LogP contribution in [0.25, 0.3) is 0 Å². The van der Waals surface area contributed by atoms with Gasteiger partial charge in [-0.1, -0.05) is 12.2 Å². The van der Waals surface area contributed by atoms with E-state index in [0.29, 0.717) is 11.6 Å². The molecule has 0 radical (unpaired) electrons. The number of rotatable bonds is 3. The molecule has 0 heterocycles. The lowest BCUT2D eigenvalue weighted by molar-refractivity contribution is 0.585. The Hall–Kier alpha value is -1.60. The van der Waals surface area contributed by atoms with E-state index in [0.717, 1.165) is 6.07 Å². The summed E-state index contributed by atoms with van der Waals surface area (Å²) < 4.78 is 40.5.